The van der Waals surface area contributed by atoms with E-state index in [4.69, 9.17) is 0 Å². The first-order valence-corrected chi connectivity index (χ1v) is 6.05. The first-order valence-electron chi connectivity index (χ1n) is 6.05. The van der Waals surface area contributed by atoms with E-state index in [-0.39, 0.29) is 0 Å². The van der Waals surface area contributed by atoms with Crippen LogP contribution in [0.5, 0.6) is 0 Å². The Labute approximate surface area is 93.9 Å². The molecular formula is C14H23N. The number of hydrogen-bond donors (Lipinski definition) is 1. The fraction of sp³-hybridized carbons (Fsp3) is 0.571. The molecule has 15 heavy (non-hydrogen) atoms. The van der Waals surface area contributed by atoms with Crippen molar-refractivity contribution in [2.75, 3.05) is 7.05 Å². The highest BCUT2D eigenvalue weighted by Crippen LogP contribution is 2.09. The second-order valence-corrected chi connectivity index (χ2v) is 4.10. The molecule has 1 atom stereocenters. The van der Waals surface area contributed by atoms with Crippen LogP contribution in [0.15, 0.2) is 24.3 Å². The summed E-state index contributed by atoms with van der Waals surface area (Å²) in [7, 11) is 2.05. The number of rotatable bonds is 6. The summed E-state index contributed by atoms with van der Waals surface area (Å²) in [4.78, 5) is 0. The van der Waals surface area contributed by atoms with Crippen LogP contribution >= 0.6 is 0 Å². The van der Waals surface area contributed by atoms with Crippen LogP contribution in [-0.4, -0.2) is 13.1 Å². The number of benzene rings is 1. The Bertz CT molecular complexity index is 259. The number of hydrogen-bond acceptors (Lipinski definition) is 1. The Morgan fingerprint density at radius 1 is 1.07 bits per heavy atom. The van der Waals surface area contributed by atoms with Crippen molar-refractivity contribution in [1.82, 2.24) is 5.32 Å². The van der Waals surface area contributed by atoms with Gasteiger partial charge < -0.3 is 5.32 Å². The zero-order chi connectivity index (χ0) is 11.1. The largest absolute Gasteiger partial charge is 0.317 e. The molecule has 1 unspecified atom stereocenters. The predicted molar refractivity (Wildman–Crippen MR) is 67.3 cm³/mol. The second kappa shape index (κ2) is 6.62. The standard InChI is InChI=1S/C14H23N/c1-4-12-6-8-13(9-7-12)10-11-14(5-2)15-3/h6-9,14-15H,4-5,10-11H2,1-3H3. The molecule has 0 heterocycles. The average Bonchev–Trinajstić information content (AvgIpc) is 2.31. The van der Waals surface area contributed by atoms with E-state index in [2.05, 4.69) is 43.4 Å². The topological polar surface area (TPSA) is 12.0 Å². The van der Waals surface area contributed by atoms with Crippen LogP contribution in [0.3, 0.4) is 0 Å². The molecule has 84 valence electrons. The minimum atomic E-state index is 0.663. The Balaban J connectivity index is 2.43. The van der Waals surface area contributed by atoms with Crippen molar-refractivity contribution in [2.45, 2.75) is 45.6 Å². The van der Waals surface area contributed by atoms with E-state index in [0.717, 1.165) is 6.42 Å². The molecule has 1 rings (SSSR count). The zero-order valence-electron chi connectivity index (χ0n) is 10.2. The van der Waals surface area contributed by atoms with Gasteiger partial charge in [0.25, 0.3) is 0 Å². The number of aryl methyl sites for hydroxylation is 2. The van der Waals surface area contributed by atoms with Gasteiger partial charge in [-0.15, -0.1) is 0 Å². The second-order valence-electron chi connectivity index (χ2n) is 4.10. The monoisotopic (exact) mass is 205 g/mol. The van der Waals surface area contributed by atoms with Crippen LogP contribution in [-0.2, 0) is 12.8 Å². The lowest BCUT2D eigenvalue weighted by Crippen LogP contribution is -2.24. The summed E-state index contributed by atoms with van der Waals surface area (Å²) in [6.45, 7) is 4.43. The molecule has 1 aromatic carbocycles. The third-order valence-electron chi connectivity index (χ3n) is 3.11. The Hall–Kier alpha value is -0.820. The molecule has 0 saturated carbocycles. The average molecular weight is 205 g/mol. The fourth-order valence-corrected chi connectivity index (χ4v) is 1.84. The van der Waals surface area contributed by atoms with E-state index in [1.807, 2.05) is 7.05 Å². The molecule has 0 fully saturated rings. The summed E-state index contributed by atoms with van der Waals surface area (Å²) in [5, 5.41) is 3.34. The summed E-state index contributed by atoms with van der Waals surface area (Å²) in [5.41, 5.74) is 2.89. The third-order valence-corrected chi connectivity index (χ3v) is 3.11. The van der Waals surface area contributed by atoms with Gasteiger partial charge in [0.1, 0.15) is 0 Å². The van der Waals surface area contributed by atoms with E-state index < -0.39 is 0 Å². The summed E-state index contributed by atoms with van der Waals surface area (Å²) >= 11 is 0. The van der Waals surface area contributed by atoms with E-state index in [0.29, 0.717) is 6.04 Å². The van der Waals surface area contributed by atoms with Gasteiger partial charge in [0.05, 0.1) is 0 Å². The van der Waals surface area contributed by atoms with Gasteiger partial charge in [0.15, 0.2) is 0 Å². The van der Waals surface area contributed by atoms with E-state index >= 15 is 0 Å². The molecule has 1 aromatic rings. The van der Waals surface area contributed by atoms with Crippen LogP contribution in [0.2, 0.25) is 0 Å². The molecular weight excluding hydrogens is 182 g/mol. The van der Waals surface area contributed by atoms with Crippen molar-refractivity contribution in [1.29, 1.82) is 0 Å². The molecule has 0 aliphatic rings. The van der Waals surface area contributed by atoms with E-state index in [1.54, 1.807) is 0 Å². The quantitative estimate of drug-likeness (QED) is 0.752. The van der Waals surface area contributed by atoms with E-state index in [9.17, 15) is 0 Å². The van der Waals surface area contributed by atoms with Gasteiger partial charge in [0.2, 0.25) is 0 Å². The van der Waals surface area contributed by atoms with Crippen LogP contribution in [0.4, 0.5) is 0 Å². The first-order chi connectivity index (χ1) is 7.30. The summed E-state index contributed by atoms with van der Waals surface area (Å²) in [5.74, 6) is 0. The maximum Gasteiger partial charge on any atom is 0.00646 e. The maximum absolute atomic E-state index is 3.34. The lowest BCUT2D eigenvalue weighted by molar-refractivity contribution is 0.509. The molecule has 1 N–H and O–H groups in total. The highest BCUT2D eigenvalue weighted by atomic mass is 14.9. The third kappa shape index (κ3) is 4.05. The molecule has 0 radical (unpaired) electrons. The minimum absolute atomic E-state index is 0.663. The summed E-state index contributed by atoms with van der Waals surface area (Å²) < 4.78 is 0. The Morgan fingerprint density at radius 3 is 2.13 bits per heavy atom. The summed E-state index contributed by atoms with van der Waals surface area (Å²) in [6, 6.07) is 9.68. The SMILES string of the molecule is CCc1ccc(CCC(CC)NC)cc1. The van der Waals surface area contributed by atoms with Gasteiger partial charge in [0, 0.05) is 6.04 Å². The Morgan fingerprint density at radius 2 is 1.67 bits per heavy atom. The van der Waals surface area contributed by atoms with Crippen LogP contribution < -0.4 is 5.32 Å². The van der Waals surface area contributed by atoms with Crippen LogP contribution in [0.25, 0.3) is 0 Å². The van der Waals surface area contributed by atoms with Crippen molar-refractivity contribution in [3.05, 3.63) is 35.4 Å². The first kappa shape index (κ1) is 12.3. The molecule has 0 aliphatic carbocycles. The van der Waals surface area contributed by atoms with Crippen LogP contribution in [0.1, 0.15) is 37.8 Å². The van der Waals surface area contributed by atoms with Gasteiger partial charge in [-0.1, -0.05) is 38.1 Å². The predicted octanol–water partition coefficient (Wildman–Crippen LogP) is 3.18. The molecule has 0 saturated heterocycles. The van der Waals surface area contributed by atoms with Gasteiger partial charge >= 0.3 is 0 Å². The number of nitrogens with one attached hydrogen (secondary N) is 1. The van der Waals surface area contributed by atoms with Crippen molar-refractivity contribution in [2.24, 2.45) is 0 Å². The highest BCUT2D eigenvalue weighted by Gasteiger charge is 2.02. The molecule has 0 aromatic heterocycles. The van der Waals surface area contributed by atoms with Gasteiger partial charge in [-0.25, -0.2) is 0 Å². The fourth-order valence-electron chi connectivity index (χ4n) is 1.84. The van der Waals surface area contributed by atoms with Crippen molar-refractivity contribution >= 4 is 0 Å². The van der Waals surface area contributed by atoms with Gasteiger partial charge in [-0.2, -0.15) is 0 Å². The highest BCUT2D eigenvalue weighted by molar-refractivity contribution is 5.22. The Kier molecular flexibility index (Phi) is 5.41. The molecule has 1 heteroatoms. The molecule has 0 aliphatic heterocycles. The lowest BCUT2D eigenvalue weighted by atomic mass is 10.0. The van der Waals surface area contributed by atoms with Crippen molar-refractivity contribution < 1.29 is 0 Å². The van der Waals surface area contributed by atoms with E-state index in [1.165, 1.54) is 30.4 Å². The molecule has 0 bridgehead atoms. The van der Waals surface area contributed by atoms with Crippen LogP contribution in [0, 0.1) is 0 Å². The normalized spacial score (nSPS) is 12.7. The van der Waals surface area contributed by atoms with Crippen molar-refractivity contribution in [3.8, 4) is 0 Å². The smallest absolute Gasteiger partial charge is 0.00646 e. The molecule has 0 amide bonds. The maximum atomic E-state index is 3.34. The summed E-state index contributed by atoms with van der Waals surface area (Å²) in [6.07, 6.45) is 4.76. The lowest BCUT2D eigenvalue weighted by Gasteiger charge is -2.13. The molecule has 0 spiro atoms. The molecule has 1 nitrogen and oxygen atoms in total. The minimum Gasteiger partial charge on any atom is -0.317 e. The van der Waals surface area contributed by atoms with Crippen molar-refractivity contribution in [3.63, 3.8) is 0 Å². The van der Waals surface area contributed by atoms with Gasteiger partial charge in [-0.05, 0) is 43.9 Å². The van der Waals surface area contributed by atoms with Gasteiger partial charge in [-0.3, -0.25) is 0 Å². The zero-order valence-corrected chi connectivity index (χ0v) is 10.2.